The van der Waals surface area contributed by atoms with Gasteiger partial charge < -0.3 is 0 Å². The number of hydrogen-bond donors (Lipinski definition) is 0. The summed E-state index contributed by atoms with van der Waals surface area (Å²) < 4.78 is 26.9. The van der Waals surface area contributed by atoms with Crippen LogP contribution in [0, 0.1) is 0 Å². The molecule has 0 amide bonds. The molecule has 2 heterocycles. The Kier molecular flexibility index (Phi) is 2.70. The van der Waals surface area contributed by atoms with Gasteiger partial charge in [-0.25, -0.2) is 13.8 Å². The highest BCUT2D eigenvalue weighted by Crippen LogP contribution is 2.34. The number of thiazole rings is 1. The van der Waals surface area contributed by atoms with Crippen molar-refractivity contribution in [3.63, 3.8) is 0 Å². The van der Waals surface area contributed by atoms with Crippen molar-refractivity contribution in [2.75, 3.05) is 0 Å². The van der Waals surface area contributed by atoms with Crippen LogP contribution in [0.4, 0.5) is 8.78 Å². The SMILES string of the molecule is Cn1cc(C(F)F)c(-c2cnc(Cl)s2)n1. The first kappa shape index (κ1) is 10.5. The van der Waals surface area contributed by atoms with Gasteiger partial charge in [0.2, 0.25) is 0 Å². The topological polar surface area (TPSA) is 30.7 Å². The average Bonchev–Trinajstić information content (AvgIpc) is 2.71. The lowest BCUT2D eigenvalue weighted by Gasteiger charge is -1.95. The van der Waals surface area contributed by atoms with Crippen molar-refractivity contribution in [1.29, 1.82) is 0 Å². The molecular weight excluding hydrogens is 244 g/mol. The third-order valence-electron chi connectivity index (χ3n) is 1.80. The van der Waals surface area contributed by atoms with Crippen molar-refractivity contribution in [3.05, 3.63) is 22.4 Å². The molecule has 0 aliphatic heterocycles. The van der Waals surface area contributed by atoms with Gasteiger partial charge in [0, 0.05) is 19.4 Å². The van der Waals surface area contributed by atoms with E-state index in [2.05, 4.69) is 10.1 Å². The van der Waals surface area contributed by atoms with Crippen molar-refractivity contribution < 1.29 is 8.78 Å². The molecule has 15 heavy (non-hydrogen) atoms. The van der Waals surface area contributed by atoms with E-state index in [9.17, 15) is 8.78 Å². The number of aromatic nitrogens is 3. The number of alkyl halides is 2. The van der Waals surface area contributed by atoms with Crippen molar-refractivity contribution in [3.8, 4) is 10.6 Å². The molecule has 0 aromatic carbocycles. The van der Waals surface area contributed by atoms with Crippen molar-refractivity contribution in [2.45, 2.75) is 6.43 Å². The summed E-state index contributed by atoms with van der Waals surface area (Å²) in [5.41, 5.74) is 0.148. The average molecular weight is 250 g/mol. The van der Waals surface area contributed by atoms with Crippen molar-refractivity contribution >= 4 is 22.9 Å². The predicted molar refractivity (Wildman–Crippen MR) is 54.3 cm³/mol. The Hall–Kier alpha value is -1.01. The molecule has 0 bridgehead atoms. The zero-order valence-electron chi connectivity index (χ0n) is 7.62. The van der Waals surface area contributed by atoms with Gasteiger partial charge in [0.25, 0.3) is 6.43 Å². The number of nitrogens with zero attached hydrogens (tertiary/aromatic N) is 3. The van der Waals surface area contributed by atoms with E-state index < -0.39 is 6.43 Å². The third kappa shape index (κ3) is 2.00. The van der Waals surface area contributed by atoms with Gasteiger partial charge in [-0.15, -0.1) is 11.3 Å². The Labute approximate surface area is 93.3 Å². The maximum atomic E-state index is 12.6. The zero-order valence-corrected chi connectivity index (χ0v) is 9.19. The van der Waals surface area contributed by atoms with Crippen LogP contribution >= 0.6 is 22.9 Å². The van der Waals surface area contributed by atoms with Gasteiger partial charge >= 0.3 is 0 Å². The first-order chi connectivity index (χ1) is 7.08. The zero-order chi connectivity index (χ0) is 11.0. The molecule has 2 aromatic rings. The van der Waals surface area contributed by atoms with E-state index in [-0.39, 0.29) is 11.3 Å². The van der Waals surface area contributed by atoms with Gasteiger partial charge in [0.15, 0.2) is 4.47 Å². The van der Waals surface area contributed by atoms with E-state index in [1.54, 1.807) is 7.05 Å². The van der Waals surface area contributed by atoms with E-state index in [1.165, 1.54) is 17.1 Å². The van der Waals surface area contributed by atoms with Crippen LogP contribution in [0.5, 0.6) is 0 Å². The molecule has 0 N–H and O–H groups in total. The van der Waals surface area contributed by atoms with Crippen LogP contribution in [-0.2, 0) is 7.05 Å². The highest BCUT2D eigenvalue weighted by Gasteiger charge is 2.19. The Balaban J connectivity index is 2.52. The van der Waals surface area contributed by atoms with Gasteiger partial charge in [-0.05, 0) is 0 Å². The molecule has 0 aliphatic carbocycles. The Bertz CT molecular complexity index is 480. The second kappa shape index (κ2) is 3.86. The molecule has 7 heteroatoms. The molecule has 2 rings (SSSR count). The Morgan fingerprint density at radius 1 is 1.53 bits per heavy atom. The molecule has 0 radical (unpaired) electrons. The minimum absolute atomic E-state index is 0.0992. The van der Waals surface area contributed by atoms with Crippen molar-refractivity contribution in [1.82, 2.24) is 14.8 Å². The molecule has 0 atom stereocenters. The van der Waals surface area contributed by atoms with Gasteiger partial charge in [-0.2, -0.15) is 5.10 Å². The van der Waals surface area contributed by atoms with Crippen LogP contribution < -0.4 is 0 Å². The minimum Gasteiger partial charge on any atom is -0.275 e. The van der Waals surface area contributed by atoms with Crippen LogP contribution in [0.2, 0.25) is 4.47 Å². The highest BCUT2D eigenvalue weighted by molar-refractivity contribution is 7.18. The summed E-state index contributed by atoms with van der Waals surface area (Å²) in [4.78, 5) is 4.34. The smallest absolute Gasteiger partial charge is 0.267 e. The molecule has 80 valence electrons. The van der Waals surface area contributed by atoms with Crippen LogP contribution in [0.25, 0.3) is 10.6 Å². The summed E-state index contributed by atoms with van der Waals surface area (Å²) in [5.74, 6) is 0. The Morgan fingerprint density at radius 3 is 2.80 bits per heavy atom. The fourth-order valence-electron chi connectivity index (χ4n) is 1.22. The standard InChI is InChI=1S/C8H6ClF2N3S/c1-14-3-4(7(10)11)6(13-14)5-2-12-8(9)15-5/h2-3,7H,1H3. The fourth-order valence-corrected chi connectivity index (χ4v) is 2.17. The maximum Gasteiger partial charge on any atom is 0.267 e. The first-order valence-electron chi connectivity index (χ1n) is 4.01. The van der Waals surface area contributed by atoms with Crippen LogP contribution in [0.1, 0.15) is 12.0 Å². The fraction of sp³-hybridized carbons (Fsp3) is 0.250. The predicted octanol–water partition coefficient (Wildman–Crippen LogP) is 3.13. The second-order valence-corrected chi connectivity index (χ2v) is 4.50. The highest BCUT2D eigenvalue weighted by atomic mass is 35.5. The summed E-state index contributed by atoms with van der Waals surface area (Å²) >= 11 is 6.77. The number of hydrogen-bond acceptors (Lipinski definition) is 3. The molecule has 0 spiro atoms. The Morgan fingerprint density at radius 2 is 2.27 bits per heavy atom. The van der Waals surface area contributed by atoms with Crippen LogP contribution in [-0.4, -0.2) is 14.8 Å². The molecule has 2 aromatic heterocycles. The van der Waals surface area contributed by atoms with Crippen LogP contribution in [0.15, 0.2) is 12.4 Å². The molecule has 0 aliphatic rings. The number of halogens is 3. The lowest BCUT2D eigenvalue weighted by molar-refractivity contribution is 0.152. The minimum atomic E-state index is -2.55. The largest absolute Gasteiger partial charge is 0.275 e. The normalized spacial score (nSPS) is 11.3. The van der Waals surface area contributed by atoms with E-state index >= 15 is 0 Å². The summed E-state index contributed by atoms with van der Waals surface area (Å²) in [6.07, 6.45) is 0.198. The van der Waals surface area contributed by atoms with Gasteiger partial charge in [-0.3, -0.25) is 4.68 Å². The molecule has 0 saturated heterocycles. The molecular formula is C8H6ClF2N3S. The van der Waals surface area contributed by atoms with E-state index in [4.69, 9.17) is 11.6 Å². The lowest BCUT2D eigenvalue weighted by Crippen LogP contribution is -1.86. The summed E-state index contributed by atoms with van der Waals surface area (Å²) in [5, 5.41) is 3.96. The van der Waals surface area contributed by atoms with E-state index in [0.717, 1.165) is 11.3 Å². The molecule has 0 saturated carbocycles. The third-order valence-corrected chi connectivity index (χ3v) is 2.92. The maximum absolute atomic E-state index is 12.6. The molecule has 3 nitrogen and oxygen atoms in total. The summed E-state index contributed by atoms with van der Waals surface area (Å²) in [6.45, 7) is 0. The van der Waals surface area contributed by atoms with Crippen LogP contribution in [0.3, 0.4) is 0 Å². The summed E-state index contributed by atoms with van der Waals surface area (Å²) in [7, 11) is 1.60. The first-order valence-corrected chi connectivity index (χ1v) is 5.20. The van der Waals surface area contributed by atoms with Gasteiger partial charge in [0.05, 0.1) is 10.4 Å². The molecule has 0 unspecified atom stereocenters. The number of aryl methyl sites for hydroxylation is 1. The summed E-state index contributed by atoms with van der Waals surface area (Å²) in [6, 6.07) is 0. The quantitative estimate of drug-likeness (QED) is 0.819. The monoisotopic (exact) mass is 249 g/mol. The molecule has 0 fully saturated rings. The number of rotatable bonds is 2. The second-order valence-electron chi connectivity index (χ2n) is 2.88. The van der Waals surface area contributed by atoms with Crippen molar-refractivity contribution in [2.24, 2.45) is 7.05 Å². The van der Waals surface area contributed by atoms with E-state index in [1.807, 2.05) is 0 Å². The van der Waals surface area contributed by atoms with Gasteiger partial charge in [-0.1, -0.05) is 11.6 Å². The van der Waals surface area contributed by atoms with E-state index in [0.29, 0.717) is 9.34 Å². The van der Waals surface area contributed by atoms with Gasteiger partial charge in [0.1, 0.15) is 5.69 Å². The lowest BCUT2D eigenvalue weighted by atomic mass is 10.2.